The molecule has 0 aliphatic heterocycles. The van der Waals surface area contributed by atoms with Crippen LogP contribution in [0.5, 0.6) is 5.75 Å². The van der Waals surface area contributed by atoms with Gasteiger partial charge in [0.15, 0.2) is 0 Å². The number of hydrogen-bond acceptors (Lipinski definition) is 3. The van der Waals surface area contributed by atoms with E-state index < -0.39 is 6.10 Å². The van der Waals surface area contributed by atoms with Gasteiger partial charge in [-0.05, 0) is 37.6 Å². The number of aryl methyl sites for hydroxylation is 2. The number of aliphatic hydroxyl groups is 1. The number of unbranched alkanes of at least 4 members (excludes halogenated alkanes) is 3. The van der Waals surface area contributed by atoms with Gasteiger partial charge in [0, 0.05) is 0 Å². The summed E-state index contributed by atoms with van der Waals surface area (Å²) >= 11 is 0. The number of ether oxygens (including phenoxy) is 1. The van der Waals surface area contributed by atoms with Gasteiger partial charge in [0.1, 0.15) is 36.0 Å². The van der Waals surface area contributed by atoms with Crippen LogP contribution in [0.3, 0.4) is 0 Å². The molecule has 0 aliphatic carbocycles. The van der Waals surface area contributed by atoms with Gasteiger partial charge >= 0.3 is 5.95 Å². The smallest absolute Gasteiger partial charge is 0.356 e. The lowest BCUT2D eigenvalue weighted by Crippen LogP contribution is -3.00. The molecule has 1 aromatic heterocycles. The second kappa shape index (κ2) is 11.1. The minimum absolute atomic E-state index is 0. The second-order valence-electron chi connectivity index (χ2n) is 7.45. The Bertz CT molecular complexity index is 893. The Morgan fingerprint density at radius 2 is 1.79 bits per heavy atom. The summed E-state index contributed by atoms with van der Waals surface area (Å²) in [6, 6.07) is 16.0. The van der Waals surface area contributed by atoms with Gasteiger partial charge in [-0.3, -0.25) is 5.73 Å². The number of aromatic nitrogens is 2. The van der Waals surface area contributed by atoms with Crippen LogP contribution in [0, 0.1) is 6.92 Å². The summed E-state index contributed by atoms with van der Waals surface area (Å²) in [5.74, 6) is 1.45. The van der Waals surface area contributed by atoms with E-state index in [-0.39, 0.29) is 19.0 Å². The Morgan fingerprint density at radius 3 is 2.52 bits per heavy atom. The van der Waals surface area contributed by atoms with Gasteiger partial charge in [-0.1, -0.05) is 56.0 Å². The molecule has 6 heteroatoms. The van der Waals surface area contributed by atoms with Crippen molar-refractivity contribution in [3.05, 3.63) is 54.1 Å². The number of nitrogen functional groups attached to an aromatic ring is 1. The van der Waals surface area contributed by atoms with Crippen molar-refractivity contribution in [3.8, 4) is 5.75 Å². The van der Waals surface area contributed by atoms with Crippen LogP contribution >= 0.6 is 0 Å². The maximum absolute atomic E-state index is 10.5. The summed E-state index contributed by atoms with van der Waals surface area (Å²) in [5.41, 5.74) is 9.82. The molecule has 0 saturated heterocycles. The van der Waals surface area contributed by atoms with Gasteiger partial charge in [-0.25, -0.2) is 9.13 Å². The average molecular weight is 418 g/mol. The molecule has 3 rings (SSSR count). The van der Waals surface area contributed by atoms with Crippen molar-refractivity contribution in [2.24, 2.45) is 0 Å². The molecule has 0 aliphatic rings. The molecule has 5 nitrogen and oxygen atoms in total. The summed E-state index contributed by atoms with van der Waals surface area (Å²) in [7, 11) is 0. The molecule has 1 atom stereocenters. The number of imidazole rings is 1. The highest BCUT2D eigenvalue weighted by atomic mass is 35.5. The molecule has 0 fully saturated rings. The van der Waals surface area contributed by atoms with Crippen LogP contribution in [0.1, 0.15) is 38.2 Å². The van der Waals surface area contributed by atoms with Crippen molar-refractivity contribution in [3.63, 3.8) is 0 Å². The van der Waals surface area contributed by atoms with Gasteiger partial charge in [0.25, 0.3) is 0 Å². The molecular formula is C23H32ClN3O2. The lowest BCUT2D eigenvalue weighted by molar-refractivity contribution is -0.665. The predicted octanol–water partition coefficient (Wildman–Crippen LogP) is 0.844. The van der Waals surface area contributed by atoms with Gasteiger partial charge in [0.05, 0.1) is 6.54 Å². The maximum Gasteiger partial charge on any atom is 0.356 e. The predicted molar refractivity (Wildman–Crippen MR) is 113 cm³/mol. The zero-order valence-corrected chi connectivity index (χ0v) is 18.1. The van der Waals surface area contributed by atoms with Crippen molar-refractivity contribution in [1.82, 2.24) is 4.57 Å². The van der Waals surface area contributed by atoms with E-state index in [1.807, 2.05) is 47.9 Å². The van der Waals surface area contributed by atoms with Crippen LogP contribution in [0.15, 0.2) is 48.5 Å². The number of anilines is 1. The SMILES string of the molecule is CCCCCCn1c(N)[n+](CC(O)COc2ccc(C)cc2)c2ccccc21.[Cl-]. The molecule has 2 aromatic carbocycles. The minimum Gasteiger partial charge on any atom is -1.00 e. The molecule has 3 N–H and O–H groups in total. The van der Waals surface area contributed by atoms with Crippen molar-refractivity contribution in [1.29, 1.82) is 0 Å². The van der Waals surface area contributed by atoms with Crippen molar-refractivity contribution in [2.75, 3.05) is 12.3 Å². The van der Waals surface area contributed by atoms with Crippen LogP contribution in [-0.2, 0) is 13.1 Å². The molecular weight excluding hydrogens is 386 g/mol. The van der Waals surface area contributed by atoms with Crippen LogP contribution in [0.25, 0.3) is 11.0 Å². The highest BCUT2D eigenvalue weighted by Crippen LogP contribution is 2.18. The quantitative estimate of drug-likeness (QED) is 0.379. The van der Waals surface area contributed by atoms with E-state index in [1.54, 1.807) is 0 Å². The van der Waals surface area contributed by atoms with E-state index >= 15 is 0 Å². The van der Waals surface area contributed by atoms with Crippen LogP contribution in [0.4, 0.5) is 5.95 Å². The molecule has 1 unspecified atom stereocenters. The summed E-state index contributed by atoms with van der Waals surface area (Å²) in [6.07, 6.45) is 4.13. The molecule has 0 radical (unpaired) electrons. The fourth-order valence-corrected chi connectivity index (χ4v) is 3.53. The number of halogens is 1. The number of para-hydroxylation sites is 2. The number of aliphatic hydroxyl groups excluding tert-OH is 1. The molecule has 0 bridgehead atoms. The van der Waals surface area contributed by atoms with E-state index in [2.05, 4.69) is 23.6 Å². The van der Waals surface area contributed by atoms with E-state index in [4.69, 9.17) is 10.5 Å². The standard InChI is InChI=1S/C23H31N3O2.ClH/c1-3-4-5-8-15-25-21-9-6-7-10-22(21)26(23(25)24)16-19(27)17-28-20-13-11-18(2)12-14-20;/h6-7,9-14,19,24,27H,3-5,8,15-17H2,1-2H3;1H. The van der Waals surface area contributed by atoms with Crippen molar-refractivity contribution >= 4 is 17.0 Å². The number of nitrogens with two attached hydrogens (primary N) is 1. The zero-order valence-electron chi connectivity index (χ0n) is 17.4. The lowest BCUT2D eigenvalue weighted by atomic mass is 10.2. The van der Waals surface area contributed by atoms with E-state index in [0.717, 1.165) is 29.7 Å². The third-order valence-electron chi connectivity index (χ3n) is 5.11. The average Bonchev–Trinajstić information content (AvgIpc) is 2.96. The second-order valence-corrected chi connectivity index (χ2v) is 7.45. The zero-order chi connectivity index (χ0) is 19.9. The monoisotopic (exact) mass is 417 g/mol. The Kier molecular flexibility index (Phi) is 8.80. The summed E-state index contributed by atoms with van der Waals surface area (Å²) in [5, 5.41) is 10.5. The van der Waals surface area contributed by atoms with Gasteiger partial charge < -0.3 is 22.3 Å². The van der Waals surface area contributed by atoms with Crippen LogP contribution in [-0.4, -0.2) is 22.4 Å². The highest BCUT2D eigenvalue weighted by Gasteiger charge is 2.22. The first-order chi connectivity index (χ1) is 13.6. The normalized spacial score (nSPS) is 12.0. The fraction of sp³-hybridized carbons (Fsp3) is 0.435. The number of fused-ring (bicyclic) bond motifs is 1. The van der Waals surface area contributed by atoms with Crippen molar-refractivity contribution < 1.29 is 26.8 Å². The number of nitrogens with zero attached hydrogens (tertiary/aromatic N) is 2. The topological polar surface area (TPSA) is 64.3 Å². The maximum atomic E-state index is 10.5. The third kappa shape index (κ3) is 5.87. The Labute approximate surface area is 179 Å². The Hall–Kier alpha value is -2.24. The van der Waals surface area contributed by atoms with Crippen LogP contribution in [0.2, 0.25) is 0 Å². The minimum atomic E-state index is -0.645. The number of hydrogen-bond donors (Lipinski definition) is 2. The van der Waals surface area contributed by atoms with E-state index in [9.17, 15) is 5.11 Å². The van der Waals surface area contributed by atoms with E-state index in [0.29, 0.717) is 12.5 Å². The largest absolute Gasteiger partial charge is 1.00 e. The summed E-state index contributed by atoms with van der Waals surface area (Å²) in [6.45, 7) is 5.78. The molecule has 29 heavy (non-hydrogen) atoms. The highest BCUT2D eigenvalue weighted by molar-refractivity contribution is 5.73. The number of benzene rings is 2. The summed E-state index contributed by atoms with van der Waals surface area (Å²) in [4.78, 5) is 0. The lowest BCUT2D eigenvalue weighted by Gasteiger charge is -2.12. The van der Waals surface area contributed by atoms with E-state index in [1.165, 1.54) is 24.8 Å². The molecule has 3 aromatic rings. The number of rotatable bonds is 10. The van der Waals surface area contributed by atoms with Gasteiger partial charge in [0.2, 0.25) is 0 Å². The molecule has 0 saturated carbocycles. The molecule has 1 heterocycles. The van der Waals surface area contributed by atoms with Crippen molar-refractivity contribution in [2.45, 2.75) is 58.7 Å². The fourth-order valence-electron chi connectivity index (χ4n) is 3.53. The third-order valence-corrected chi connectivity index (χ3v) is 5.11. The first-order valence-electron chi connectivity index (χ1n) is 10.2. The molecule has 158 valence electrons. The Morgan fingerprint density at radius 1 is 1.07 bits per heavy atom. The summed E-state index contributed by atoms with van der Waals surface area (Å²) < 4.78 is 9.90. The van der Waals surface area contributed by atoms with Crippen LogP contribution < -0.4 is 27.4 Å². The Balaban J connectivity index is 0.00000300. The first-order valence-corrected chi connectivity index (χ1v) is 10.2. The van der Waals surface area contributed by atoms with Gasteiger partial charge in [-0.15, -0.1) is 0 Å². The van der Waals surface area contributed by atoms with Gasteiger partial charge in [-0.2, -0.15) is 0 Å². The molecule has 0 spiro atoms. The molecule has 0 amide bonds. The first kappa shape index (κ1) is 23.0.